The molecule has 7 nitrogen and oxygen atoms in total. The molecule has 1 amide bonds. The molecule has 0 unspecified atom stereocenters. The number of rotatable bonds is 6. The first kappa shape index (κ1) is 19.4. The average molecular weight is 402 g/mol. The Hall–Kier alpha value is -3.87. The smallest absolute Gasteiger partial charge is 0.277 e. The van der Waals surface area contributed by atoms with E-state index in [1.165, 1.54) is 4.57 Å². The van der Waals surface area contributed by atoms with Gasteiger partial charge in [0.05, 0.1) is 13.4 Å². The number of carbonyl (C=O) groups excluding carboxylic acids is 1. The summed E-state index contributed by atoms with van der Waals surface area (Å²) in [7, 11) is 1.59. The van der Waals surface area contributed by atoms with Crippen LogP contribution in [0.1, 0.15) is 6.92 Å². The van der Waals surface area contributed by atoms with Crippen molar-refractivity contribution in [3.05, 3.63) is 77.5 Å². The second kappa shape index (κ2) is 8.24. The SMILES string of the molecule is CCn1cnc2c(-c3ccccc3)cn(CC(=O)Nc3ccc(OC)cc3)c2c1=O. The number of hydrogen-bond donors (Lipinski definition) is 1. The van der Waals surface area contributed by atoms with Gasteiger partial charge in [-0.15, -0.1) is 0 Å². The molecule has 0 saturated carbocycles. The van der Waals surface area contributed by atoms with Crippen LogP contribution >= 0.6 is 0 Å². The molecule has 0 fully saturated rings. The standard InChI is InChI=1S/C23H22N4O3/c1-3-26-15-24-21-19(16-7-5-4-6-8-16)13-27(22(21)23(26)29)14-20(28)25-17-9-11-18(30-2)12-10-17/h4-13,15H,3,14H2,1-2H3,(H,25,28). The highest BCUT2D eigenvalue weighted by Crippen LogP contribution is 2.27. The first-order valence-corrected chi connectivity index (χ1v) is 9.68. The number of aromatic nitrogens is 3. The Kier molecular flexibility index (Phi) is 5.34. The van der Waals surface area contributed by atoms with Crippen LogP contribution in [0.5, 0.6) is 5.75 Å². The first-order valence-electron chi connectivity index (χ1n) is 9.68. The molecule has 0 atom stereocenters. The van der Waals surface area contributed by atoms with E-state index in [1.807, 2.05) is 43.5 Å². The summed E-state index contributed by atoms with van der Waals surface area (Å²) in [5.74, 6) is 0.478. The molecular weight excluding hydrogens is 380 g/mol. The van der Waals surface area contributed by atoms with E-state index in [2.05, 4.69) is 10.3 Å². The van der Waals surface area contributed by atoms with Gasteiger partial charge in [-0.1, -0.05) is 30.3 Å². The Morgan fingerprint density at radius 1 is 1.07 bits per heavy atom. The lowest BCUT2D eigenvalue weighted by Crippen LogP contribution is -2.24. The van der Waals surface area contributed by atoms with Crippen LogP contribution in [0, 0.1) is 0 Å². The largest absolute Gasteiger partial charge is 0.497 e. The monoisotopic (exact) mass is 402 g/mol. The molecule has 2 aromatic heterocycles. The Morgan fingerprint density at radius 3 is 2.47 bits per heavy atom. The molecule has 30 heavy (non-hydrogen) atoms. The van der Waals surface area contributed by atoms with Crippen LogP contribution in [-0.4, -0.2) is 27.1 Å². The van der Waals surface area contributed by atoms with Crippen LogP contribution in [0.15, 0.2) is 71.9 Å². The quantitative estimate of drug-likeness (QED) is 0.535. The van der Waals surface area contributed by atoms with Crippen LogP contribution in [0.3, 0.4) is 0 Å². The molecule has 0 spiro atoms. The maximum absolute atomic E-state index is 13.0. The Balaban J connectivity index is 1.72. The Morgan fingerprint density at radius 2 is 1.80 bits per heavy atom. The van der Waals surface area contributed by atoms with E-state index in [0.717, 1.165) is 11.1 Å². The maximum atomic E-state index is 13.0. The van der Waals surface area contributed by atoms with Gasteiger partial charge in [0.2, 0.25) is 5.91 Å². The molecule has 0 aliphatic carbocycles. The second-order valence-electron chi connectivity index (χ2n) is 6.85. The summed E-state index contributed by atoms with van der Waals surface area (Å²) in [6, 6.07) is 16.8. The summed E-state index contributed by atoms with van der Waals surface area (Å²) >= 11 is 0. The minimum atomic E-state index is -0.233. The lowest BCUT2D eigenvalue weighted by molar-refractivity contribution is -0.116. The van der Waals surface area contributed by atoms with Gasteiger partial charge >= 0.3 is 0 Å². The van der Waals surface area contributed by atoms with E-state index >= 15 is 0 Å². The van der Waals surface area contributed by atoms with Crippen molar-refractivity contribution in [1.29, 1.82) is 0 Å². The zero-order valence-corrected chi connectivity index (χ0v) is 16.8. The summed E-state index contributed by atoms with van der Waals surface area (Å²) in [5, 5.41) is 2.86. The highest BCUT2D eigenvalue weighted by molar-refractivity contribution is 5.95. The van der Waals surface area contributed by atoms with Crippen molar-refractivity contribution >= 4 is 22.6 Å². The fraction of sp³-hybridized carbons (Fsp3) is 0.174. The third kappa shape index (κ3) is 3.69. The minimum Gasteiger partial charge on any atom is -0.497 e. The molecule has 152 valence electrons. The molecule has 7 heteroatoms. The van der Waals surface area contributed by atoms with Crippen LogP contribution in [0.4, 0.5) is 5.69 Å². The average Bonchev–Trinajstić information content (AvgIpc) is 3.14. The molecule has 2 aromatic carbocycles. The number of nitrogens with zero attached hydrogens (tertiary/aromatic N) is 3. The molecule has 1 N–H and O–H groups in total. The molecule has 4 aromatic rings. The molecular formula is C23H22N4O3. The van der Waals surface area contributed by atoms with E-state index < -0.39 is 0 Å². The fourth-order valence-electron chi connectivity index (χ4n) is 3.42. The Bertz CT molecular complexity index is 1240. The normalized spacial score (nSPS) is 10.9. The van der Waals surface area contributed by atoms with Crippen molar-refractivity contribution in [3.8, 4) is 16.9 Å². The van der Waals surface area contributed by atoms with Crippen LogP contribution in [-0.2, 0) is 17.9 Å². The summed E-state index contributed by atoms with van der Waals surface area (Å²) in [5.41, 5.74) is 3.27. The van der Waals surface area contributed by atoms with Gasteiger partial charge in [0, 0.05) is 24.0 Å². The van der Waals surface area contributed by atoms with Crippen LogP contribution in [0.2, 0.25) is 0 Å². The molecule has 4 rings (SSSR count). The fourth-order valence-corrected chi connectivity index (χ4v) is 3.42. The number of anilines is 1. The molecule has 0 bridgehead atoms. The van der Waals surface area contributed by atoms with Gasteiger partial charge in [-0.2, -0.15) is 0 Å². The van der Waals surface area contributed by atoms with E-state index in [1.54, 1.807) is 42.3 Å². The van der Waals surface area contributed by atoms with Crippen LogP contribution < -0.4 is 15.6 Å². The summed E-state index contributed by atoms with van der Waals surface area (Å²) in [4.78, 5) is 30.2. The van der Waals surface area contributed by atoms with Crippen molar-refractivity contribution in [2.75, 3.05) is 12.4 Å². The topological polar surface area (TPSA) is 78.2 Å². The molecule has 0 aliphatic heterocycles. The van der Waals surface area contributed by atoms with Gasteiger partial charge in [0.25, 0.3) is 5.56 Å². The number of fused-ring (bicyclic) bond motifs is 1. The molecule has 2 heterocycles. The number of ether oxygens (including phenoxy) is 1. The van der Waals surface area contributed by atoms with Gasteiger partial charge < -0.3 is 14.6 Å². The number of methoxy groups -OCH3 is 1. The predicted octanol–water partition coefficient (Wildman–Crippen LogP) is 3.53. The van der Waals surface area contributed by atoms with Gasteiger partial charge in [-0.25, -0.2) is 4.98 Å². The van der Waals surface area contributed by atoms with Gasteiger partial charge in [0.1, 0.15) is 23.3 Å². The van der Waals surface area contributed by atoms with E-state index in [0.29, 0.717) is 29.0 Å². The zero-order valence-electron chi connectivity index (χ0n) is 16.8. The summed E-state index contributed by atoms with van der Waals surface area (Å²) < 4.78 is 8.35. The number of amides is 1. The molecule has 0 aliphatic rings. The maximum Gasteiger partial charge on any atom is 0.277 e. The highest BCUT2D eigenvalue weighted by Gasteiger charge is 2.17. The van der Waals surface area contributed by atoms with Crippen molar-refractivity contribution in [3.63, 3.8) is 0 Å². The van der Waals surface area contributed by atoms with Crippen molar-refractivity contribution in [1.82, 2.24) is 14.1 Å². The van der Waals surface area contributed by atoms with E-state index in [-0.39, 0.29) is 18.0 Å². The highest BCUT2D eigenvalue weighted by atomic mass is 16.5. The lowest BCUT2D eigenvalue weighted by atomic mass is 10.1. The lowest BCUT2D eigenvalue weighted by Gasteiger charge is -2.08. The number of hydrogen-bond acceptors (Lipinski definition) is 4. The van der Waals surface area contributed by atoms with Gasteiger partial charge in [-0.05, 0) is 36.8 Å². The van der Waals surface area contributed by atoms with Crippen molar-refractivity contribution in [2.24, 2.45) is 0 Å². The minimum absolute atomic E-state index is 0.0000103. The molecule has 0 saturated heterocycles. The van der Waals surface area contributed by atoms with Crippen LogP contribution in [0.25, 0.3) is 22.2 Å². The summed E-state index contributed by atoms with van der Waals surface area (Å²) in [6.07, 6.45) is 3.38. The van der Waals surface area contributed by atoms with Gasteiger partial charge in [0.15, 0.2) is 0 Å². The number of aryl methyl sites for hydroxylation is 1. The number of nitrogens with one attached hydrogen (secondary N) is 1. The third-order valence-corrected chi connectivity index (χ3v) is 4.95. The van der Waals surface area contributed by atoms with Crippen molar-refractivity contribution in [2.45, 2.75) is 20.0 Å². The number of carbonyl (C=O) groups is 1. The van der Waals surface area contributed by atoms with E-state index in [9.17, 15) is 9.59 Å². The Labute approximate surface area is 173 Å². The second-order valence-corrected chi connectivity index (χ2v) is 6.85. The predicted molar refractivity (Wildman–Crippen MR) is 117 cm³/mol. The zero-order chi connectivity index (χ0) is 21.1. The molecule has 0 radical (unpaired) electrons. The van der Waals surface area contributed by atoms with Gasteiger partial charge in [-0.3, -0.25) is 14.2 Å². The third-order valence-electron chi connectivity index (χ3n) is 4.95. The van der Waals surface area contributed by atoms with E-state index in [4.69, 9.17) is 4.74 Å². The first-order chi connectivity index (χ1) is 14.6. The number of benzene rings is 2. The summed E-state index contributed by atoms with van der Waals surface area (Å²) in [6.45, 7) is 2.39. The van der Waals surface area contributed by atoms with Crippen molar-refractivity contribution < 1.29 is 9.53 Å².